The molecule has 0 N–H and O–H groups in total. The SMILES string of the molecule is CCCc1cc2ccccc2[cH-]1.CCCc1cc2ccccc2[cH-]1.[CH2-]C[CH2-].[Cl-].[Cl-].[Ti+2]. The number of halogens is 2. The van der Waals surface area contributed by atoms with Crippen molar-refractivity contribution >= 4 is 21.5 Å². The van der Waals surface area contributed by atoms with Gasteiger partial charge in [0.05, 0.1) is 0 Å². The first kappa shape index (κ1) is 31.1. The number of hydrogen-bond acceptors (Lipinski definition) is 0. The molecule has 0 aliphatic rings. The minimum absolute atomic E-state index is 0. The predicted octanol–water partition coefficient (Wildman–Crippen LogP) is 2.07. The van der Waals surface area contributed by atoms with Gasteiger partial charge in [-0.1, -0.05) is 38.8 Å². The molecule has 3 heteroatoms. The zero-order chi connectivity index (χ0) is 19.5. The molecule has 0 atom stereocenters. The molecule has 4 aromatic carbocycles. The Kier molecular flexibility index (Phi) is 18.3. The average molecular weight is 475 g/mol. The van der Waals surface area contributed by atoms with Crippen molar-refractivity contribution in [2.24, 2.45) is 0 Å². The van der Waals surface area contributed by atoms with Crippen LogP contribution in [-0.4, -0.2) is 0 Å². The maximum atomic E-state index is 3.38. The van der Waals surface area contributed by atoms with Crippen LogP contribution >= 0.6 is 0 Å². The summed E-state index contributed by atoms with van der Waals surface area (Å²) in [5, 5.41) is 5.50. The van der Waals surface area contributed by atoms with Gasteiger partial charge in [-0.25, -0.2) is 0 Å². The third-order valence-corrected chi connectivity index (χ3v) is 4.43. The second-order valence-electron chi connectivity index (χ2n) is 6.84. The van der Waals surface area contributed by atoms with E-state index in [0.29, 0.717) is 0 Å². The van der Waals surface area contributed by atoms with E-state index in [1.807, 2.05) is 0 Å². The van der Waals surface area contributed by atoms with Gasteiger partial charge in [0.2, 0.25) is 0 Å². The number of aryl methyl sites for hydroxylation is 2. The molecule has 0 nitrogen and oxygen atoms in total. The van der Waals surface area contributed by atoms with E-state index < -0.39 is 0 Å². The van der Waals surface area contributed by atoms with Crippen LogP contribution in [0, 0.1) is 13.8 Å². The van der Waals surface area contributed by atoms with Gasteiger partial charge in [-0.2, -0.15) is 12.1 Å². The molecule has 0 amide bonds. The van der Waals surface area contributed by atoms with Crippen LogP contribution in [0.1, 0.15) is 44.2 Å². The molecule has 0 aliphatic carbocycles. The standard InChI is InChI=1S/2C12H13.C3H6.2ClH.Ti/c2*1-2-5-10-8-11-6-3-4-7-12(11)9-10;1-3-2;;;/h2*3-4,6-9H,2,5H2,1H3;1-3H2;2*1H;/q2*-1;-2;;;+2/p-2. The fourth-order valence-electron chi connectivity index (χ4n) is 3.30. The summed E-state index contributed by atoms with van der Waals surface area (Å²) in [4.78, 5) is 0. The third kappa shape index (κ3) is 9.84. The summed E-state index contributed by atoms with van der Waals surface area (Å²) in [5.41, 5.74) is 2.94. The maximum absolute atomic E-state index is 3.38. The van der Waals surface area contributed by atoms with E-state index in [0.717, 1.165) is 6.42 Å². The molecule has 0 saturated heterocycles. The summed E-state index contributed by atoms with van der Waals surface area (Å²) in [5.74, 6) is 0. The van der Waals surface area contributed by atoms with Crippen LogP contribution in [0.5, 0.6) is 0 Å². The van der Waals surface area contributed by atoms with E-state index in [4.69, 9.17) is 0 Å². The number of benzene rings is 2. The topological polar surface area (TPSA) is 0 Å². The van der Waals surface area contributed by atoms with Gasteiger partial charge in [0.15, 0.2) is 0 Å². The van der Waals surface area contributed by atoms with Gasteiger partial charge < -0.3 is 45.1 Å². The minimum Gasteiger partial charge on any atom is -1.00 e. The minimum atomic E-state index is 0. The second-order valence-corrected chi connectivity index (χ2v) is 6.84. The molecule has 0 bridgehead atoms. The van der Waals surface area contributed by atoms with Crippen molar-refractivity contribution in [2.45, 2.75) is 46.0 Å². The zero-order valence-electron chi connectivity index (χ0n) is 18.1. The fourth-order valence-corrected chi connectivity index (χ4v) is 3.30. The largest absolute Gasteiger partial charge is 2.00 e. The van der Waals surface area contributed by atoms with Gasteiger partial charge in [0.1, 0.15) is 0 Å². The van der Waals surface area contributed by atoms with Crippen LogP contribution in [0.4, 0.5) is 0 Å². The summed E-state index contributed by atoms with van der Waals surface area (Å²) in [6.45, 7) is 11.2. The van der Waals surface area contributed by atoms with Crippen LogP contribution in [0.3, 0.4) is 0 Å². The Hall–Kier alpha value is -1.05. The smallest absolute Gasteiger partial charge is 1.00 e. The first-order chi connectivity index (χ1) is 13.2. The van der Waals surface area contributed by atoms with Crippen molar-refractivity contribution in [3.63, 3.8) is 0 Å². The number of fused-ring (bicyclic) bond motifs is 2. The Morgan fingerprint density at radius 1 is 0.667 bits per heavy atom. The monoisotopic (exact) mass is 474 g/mol. The Labute approximate surface area is 210 Å². The normalized spacial score (nSPS) is 9.20. The van der Waals surface area contributed by atoms with Crippen molar-refractivity contribution in [3.05, 3.63) is 97.8 Å². The van der Waals surface area contributed by atoms with E-state index >= 15 is 0 Å². The summed E-state index contributed by atoms with van der Waals surface area (Å²) >= 11 is 0. The molecular weight excluding hydrogens is 443 g/mol. The van der Waals surface area contributed by atoms with Gasteiger partial charge in [-0.15, -0.1) is 81.2 Å². The molecule has 0 spiro atoms. The number of hydrogen-bond donors (Lipinski definition) is 0. The molecule has 4 aromatic rings. The van der Waals surface area contributed by atoms with Crippen molar-refractivity contribution in [1.82, 2.24) is 0 Å². The Bertz CT molecular complexity index is 779. The summed E-state index contributed by atoms with van der Waals surface area (Å²) in [7, 11) is 0. The Morgan fingerprint density at radius 2 is 1.00 bits per heavy atom. The average Bonchev–Trinajstić information content (AvgIpc) is 3.26. The van der Waals surface area contributed by atoms with Crippen molar-refractivity contribution in [3.8, 4) is 0 Å². The second kappa shape index (κ2) is 17.6. The van der Waals surface area contributed by atoms with Crippen molar-refractivity contribution < 1.29 is 46.5 Å². The molecule has 30 heavy (non-hydrogen) atoms. The van der Waals surface area contributed by atoms with Crippen LogP contribution < -0.4 is 24.8 Å². The van der Waals surface area contributed by atoms with E-state index in [1.165, 1.54) is 58.4 Å². The van der Waals surface area contributed by atoms with Gasteiger partial charge >= 0.3 is 21.7 Å². The molecule has 0 aromatic heterocycles. The van der Waals surface area contributed by atoms with Gasteiger partial charge in [0.25, 0.3) is 0 Å². The van der Waals surface area contributed by atoms with E-state index in [2.05, 4.69) is 100 Å². The molecule has 0 radical (unpaired) electrons. The molecule has 162 valence electrons. The molecule has 0 heterocycles. The van der Waals surface area contributed by atoms with E-state index in [9.17, 15) is 0 Å². The van der Waals surface area contributed by atoms with Crippen LogP contribution in [-0.2, 0) is 34.6 Å². The molecule has 0 unspecified atom stereocenters. The van der Waals surface area contributed by atoms with Crippen LogP contribution in [0.25, 0.3) is 21.5 Å². The first-order valence-corrected chi connectivity index (χ1v) is 10.1. The summed E-state index contributed by atoms with van der Waals surface area (Å²) in [6, 6.07) is 26.2. The van der Waals surface area contributed by atoms with Crippen molar-refractivity contribution in [2.75, 3.05) is 0 Å². The molecule has 4 rings (SSSR count). The van der Waals surface area contributed by atoms with Gasteiger partial charge in [-0.05, 0) is 12.8 Å². The number of rotatable bonds is 4. The predicted molar refractivity (Wildman–Crippen MR) is 122 cm³/mol. The fraction of sp³-hybridized carbons (Fsp3) is 0.259. The van der Waals surface area contributed by atoms with E-state index in [1.54, 1.807) is 0 Å². The van der Waals surface area contributed by atoms with Gasteiger partial charge in [-0.3, -0.25) is 0 Å². The van der Waals surface area contributed by atoms with Crippen LogP contribution in [0.15, 0.2) is 72.8 Å². The zero-order valence-corrected chi connectivity index (χ0v) is 21.2. The molecule has 0 aliphatic heterocycles. The molecule has 0 saturated carbocycles. The molecular formula is C27H32Cl2Ti-4. The Morgan fingerprint density at radius 3 is 1.30 bits per heavy atom. The molecule has 0 fully saturated rings. The summed E-state index contributed by atoms with van der Waals surface area (Å²) < 4.78 is 0. The maximum Gasteiger partial charge on any atom is 2.00 e. The quantitative estimate of drug-likeness (QED) is 0.313. The summed E-state index contributed by atoms with van der Waals surface area (Å²) in [6.07, 6.45) is 5.62. The van der Waals surface area contributed by atoms with Gasteiger partial charge in [0, 0.05) is 0 Å². The van der Waals surface area contributed by atoms with E-state index in [-0.39, 0.29) is 46.5 Å². The Balaban J connectivity index is 0. The van der Waals surface area contributed by atoms with Crippen molar-refractivity contribution in [1.29, 1.82) is 0 Å². The first-order valence-electron chi connectivity index (χ1n) is 10.1. The third-order valence-electron chi connectivity index (χ3n) is 4.43. The van der Waals surface area contributed by atoms with Crippen LogP contribution in [0.2, 0.25) is 0 Å².